The van der Waals surface area contributed by atoms with Crippen molar-refractivity contribution in [2.24, 2.45) is 0 Å². The van der Waals surface area contributed by atoms with Gasteiger partial charge >= 0.3 is 0 Å². The first-order valence-electron chi connectivity index (χ1n) is 8.87. The molecular weight excluding hydrogens is 354 g/mol. The van der Waals surface area contributed by atoms with E-state index in [9.17, 15) is 18.0 Å². The fraction of sp³-hybridized carbons (Fsp3) is 0.556. The van der Waals surface area contributed by atoms with Gasteiger partial charge in [-0.15, -0.1) is 0 Å². The van der Waals surface area contributed by atoms with E-state index in [1.165, 1.54) is 13.0 Å². The lowest BCUT2D eigenvalue weighted by molar-refractivity contribution is -0.121. The molecule has 144 valence electrons. The lowest BCUT2D eigenvalue weighted by Crippen LogP contribution is -2.35. The Hall–Kier alpha value is -1.93. The molecule has 0 spiro atoms. The molecule has 1 aliphatic rings. The van der Waals surface area contributed by atoms with Crippen LogP contribution in [0.4, 0.5) is 5.69 Å². The summed E-state index contributed by atoms with van der Waals surface area (Å²) in [5, 5.41) is 2.80. The normalized spacial score (nSPS) is 17.7. The van der Waals surface area contributed by atoms with Gasteiger partial charge in [-0.05, 0) is 50.5 Å². The first kappa shape index (κ1) is 20.4. The lowest BCUT2D eigenvalue weighted by Gasteiger charge is -2.20. The van der Waals surface area contributed by atoms with Crippen LogP contribution in [0.1, 0.15) is 46.1 Å². The van der Waals surface area contributed by atoms with Crippen molar-refractivity contribution in [2.45, 2.75) is 63.9 Å². The van der Waals surface area contributed by atoms with E-state index in [0.29, 0.717) is 6.42 Å². The van der Waals surface area contributed by atoms with Crippen molar-refractivity contribution in [1.82, 2.24) is 10.0 Å². The Balaban J connectivity index is 2.03. The SMILES string of the molecule is CC[C@H](C)NC(=O)CCNS(=O)(=O)c1ccc2c(c1)C[C@@H](C)N2C(C)=O. The molecule has 2 amide bonds. The van der Waals surface area contributed by atoms with Crippen LogP contribution in [0, 0.1) is 0 Å². The summed E-state index contributed by atoms with van der Waals surface area (Å²) in [6.45, 7) is 7.34. The summed E-state index contributed by atoms with van der Waals surface area (Å²) in [4.78, 5) is 25.3. The molecule has 2 atom stereocenters. The molecule has 7 nitrogen and oxygen atoms in total. The maximum atomic E-state index is 12.5. The lowest BCUT2D eigenvalue weighted by atomic mass is 10.1. The summed E-state index contributed by atoms with van der Waals surface area (Å²) in [5.41, 5.74) is 1.60. The van der Waals surface area contributed by atoms with E-state index in [1.54, 1.807) is 17.0 Å². The standard InChI is InChI=1S/C18H27N3O4S/c1-5-12(2)20-18(23)8-9-19-26(24,25)16-6-7-17-15(11-16)10-13(3)21(17)14(4)22/h6-7,11-13,19H,5,8-10H2,1-4H3,(H,20,23)/t12-,13+/m0/s1. The van der Waals surface area contributed by atoms with Gasteiger partial charge in [0, 0.05) is 37.7 Å². The summed E-state index contributed by atoms with van der Waals surface area (Å²) in [5.74, 6) is -0.237. The zero-order valence-corrected chi connectivity index (χ0v) is 16.5. The van der Waals surface area contributed by atoms with Crippen LogP contribution in [0.25, 0.3) is 0 Å². The smallest absolute Gasteiger partial charge is 0.240 e. The van der Waals surface area contributed by atoms with E-state index in [-0.39, 0.29) is 41.8 Å². The third-order valence-corrected chi connectivity index (χ3v) is 6.04. The van der Waals surface area contributed by atoms with E-state index in [0.717, 1.165) is 17.7 Å². The van der Waals surface area contributed by atoms with Crippen LogP contribution < -0.4 is 14.9 Å². The molecule has 0 aromatic heterocycles. The summed E-state index contributed by atoms with van der Waals surface area (Å²) in [6, 6.07) is 4.86. The third kappa shape index (κ3) is 4.62. The van der Waals surface area contributed by atoms with Crippen molar-refractivity contribution in [3.8, 4) is 0 Å². The van der Waals surface area contributed by atoms with Crippen molar-refractivity contribution in [2.75, 3.05) is 11.4 Å². The van der Waals surface area contributed by atoms with Crippen LogP contribution in [0.2, 0.25) is 0 Å². The number of rotatable bonds is 7. The number of benzene rings is 1. The van der Waals surface area contributed by atoms with Crippen LogP contribution in [0.3, 0.4) is 0 Å². The highest BCUT2D eigenvalue weighted by Gasteiger charge is 2.30. The van der Waals surface area contributed by atoms with Gasteiger partial charge in [0.15, 0.2) is 0 Å². The molecule has 1 aromatic carbocycles. The minimum atomic E-state index is -3.70. The van der Waals surface area contributed by atoms with Gasteiger partial charge in [-0.1, -0.05) is 6.92 Å². The number of hydrogen-bond acceptors (Lipinski definition) is 4. The summed E-state index contributed by atoms with van der Waals surface area (Å²) in [6.07, 6.45) is 1.53. The molecule has 0 aliphatic carbocycles. The highest BCUT2D eigenvalue weighted by molar-refractivity contribution is 7.89. The number of nitrogens with zero attached hydrogens (tertiary/aromatic N) is 1. The van der Waals surface area contributed by atoms with Crippen molar-refractivity contribution in [3.05, 3.63) is 23.8 Å². The number of carbonyl (C=O) groups is 2. The first-order chi connectivity index (χ1) is 12.2. The average molecular weight is 381 g/mol. The van der Waals surface area contributed by atoms with Crippen LogP contribution in [-0.4, -0.2) is 38.9 Å². The van der Waals surface area contributed by atoms with Gasteiger partial charge in [-0.25, -0.2) is 13.1 Å². The van der Waals surface area contributed by atoms with Gasteiger partial charge in [0.05, 0.1) is 4.90 Å². The van der Waals surface area contributed by atoms with Crippen LogP contribution in [0.5, 0.6) is 0 Å². The quantitative estimate of drug-likeness (QED) is 0.749. The highest BCUT2D eigenvalue weighted by Crippen LogP contribution is 2.33. The van der Waals surface area contributed by atoms with E-state index in [2.05, 4.69) is 10.0 Å². The molecular formula is C18H27N3O4S. The number of anilines is 1. The zero-order chi connectivity index (χ0) is 19.5. The van der Waals surface area contributed by atoms with Crippen LogP contribution >= 0.6 is 0 Å². The maximum absolute atomic E-state index is 12.5. The van der Waals surface area contributed by atoms with Crippen molar-refractivity contribution < 1.29 is 18.0 Å². The first-order valence-corrected chi connectivity index (χ1v) is 10.4. The molecule has 0 saturated heterocycles. The van der Waals surface area contributed by atoms with Crippen LogP contribution in [-0.2, 0) is 26.0 Å². The Morgan fingerprint density at radius 1 is 1.35 bits per heavy atom. The number of fused-ring (bicyclic) bond motifs is 1. The molecule has 2 rings (SSSR count). The number of carbonyl (C=O) groups excluding carboxylic acids is 2. The van der Waals surface area contributed by atoms with E-state index >= 15 is 0 Å². The average Bonchev–Trinajstić information content (AvgIpc) is 2.89. The third-order valence-electron chi connectivity index (χ3n) is 4.58. The van der Waals surface area contributed by atoms with Gasteiger partial charge in [0.1, 0.15) is 0 Å². The topological polar surface area (TPSA) is 95.6 Å². The van der Waals surface area contributed by atoms with Gasteiger partial charge in [-0.2, -0.15) is 0 Å². The molecule has 0 radical (unpaired) electrons. The summed E-state index contributed by atoms with van der Waals surface area (Å²) >= 11 is 0. The number of amides is 2. The van der Waals surface area contributed by atoms with Crippen molar-refractivity contribution >= 4 is 27.5 Å². The molecule has 26 heavy (non-hydrogen) atoms. The summed E-state index contributed by atoms with van der Waals surface area (Å²) in [7, 11) is -3.70. The summed E-state index contributed by atoms with van der Waals surface area (Å²) < 4.78 is 27.4. The Kier molecular flexibility index (Phi) is 6.41. The molecule has 8 heteroatoms. The molecule has 0 saturated carbocycles. The van der Waals surface area contributed by atoms with Gasteiger partial charge < -0.3 is 10.2 Å². The van der Waals surface area contributed by atoms with Crippen molar-refractivity contribution in [1.29, 1.82) is 0 Å². The fourth-order valence-corrected chi connectivity index (χ4v) is 4.17. The minimum Gasteiger partial charge on any atom is -0.354 e. The Morgan fingerprint density at radius 3 is 2.65 bits per heavy atom. The second kappa shape index (κ2) is 8.18. The number of nitrogens with one attached hydrogen (secondary N) is 2. The molecule has 1 aromatic rings. The Labute approximate surface area is 155 Å². The monoisotopic (exact) mass is 381 g/mol. The van der Waals surface area contributed by atoms with Gasteiger partial charge in [-0.3, -0.25) is 9.59 Å². The zero-order valence-electron chi connectivity index (χ0n) is 15.7. The molecule has 1 heterocycles. The molecule has 0 fully saturated rings. The largest absolute Gasteiger partial charge is 0.354 e. The second-order valence-corrected chi connectivity index (χ2v) is 8.52. The van der Waals surface area contributed by atoms with E-state index in [1.807, 2.05) is 20.8 Å². The fourth-order valence-electron chi connectivity index (χ4n) is 3.09. The highest BCUT2D eigenvalue weighted by atomic mass is 32.2. The number of sulfonamides is 1. The molecule has 2 N–H and O–H groups in total. The van der Waals surface area contributed by atoms with Gasteiger partial charge in [0.25, 0.3) is 0 Å². The van der Waals surface area contributed by atoms with E-state index in [4.69, 9.17) is 0 Å². The Bertz CT molecular complexity index is 792. The molecule has 1 aliphatic heterocycles. The minimum absolute atomic E-state index is 0.0117. The van der Waals surface area contributed by atoms with Crippen molar-refractivity contribution in [3.63, 3.8) is 0 Å². The Morgan fingerprint density at radius 2 is 2.04 bits per heavy atom. The predicted octanol–water partition coefficient (Wildman–Crippen LogP) is 1.57. The van der Waals surface area contributed by atoms with Crippen LogP contribution in [0.15, 0.2) is 23.1 Å². The van der Waals surface area contributed by atoms with E-state index < -0.39 is 10.0 Å². The second-order valence-electron chi connectivity index (χ2n) is 6.76. The van der Waals surface area contributed by atoms with Gasteiger partial charge in [0.2, 0.25) is 21.8 Å². The predicted molar refractivity (Wildman–Crippen MR) is 100 cm³/mol. The maximum Gasteiger partial charge on any atom is 0.240 e. The molecule has 0 bridgehead atoms. The number of hydrogen-bond donors (Lipinski definition) is 2. The molecule has 0 unspecified atom stereocenters.